The molecule has 0 aliphatic rings. The van der Waals surface area contributed by atoms with Gasteiger partial charge in [-0.3, -0.25) is 0 Å². The van der Waals surface area contributed by atoms with Crippen molar-refractivity contribution < 1.29 is 9.13 Å². The molecule has 152 valence electrons. The number of aryl methyl sites for hydroxylation is 2. The molecule has 0 bridgehead atoms. The first kappa shape index (κ1) is 19.7. The zero-order valence-electron chi connectivity index (χ0n) is 18.3. The van der Waals surface area contributed by atoms with Crippen LogP contribution in [-0.2, 0) is 13.1 Å². The number of hydrogen-bond donors (Lipinski definition) is 0. The zero-order valence-corrected chi connectivity index (χ0v) is 18.3. The molecule has 0 saturated carbocycles. The summed E-state index contributed by atoms with van der Waals surface area (Å²) in [7, 11) is 0. The Kier molecular flexibility index (Phi) is 5.70. The summed E-state index contributed by atoms with van der Waals surface area (Å²) in [5.41, 5.74) is 5.35. The van der Waals surface area contributed by atoms with Crippen LogP contribution in [0.15, 0.2) is 61.2 Å². The van der Waals surface area contributed by atoms with Crippen LogP contribution >= 0.6 is 0 Å². The Morgan fingerprint density at radius 3 is 1.45 bits per heavy atom. The first-order valence-electron chi connectivity index (χ1n) is 11.0. The molecule has 0 fully saturated rings. The molecule has 4 aromatic rings. The lowest BCUT2D eigenvalue weighted by molar-refractivity contribution is -0.676. The highest BCUT2D eigenvalue weighted by Gasteiger charge is 2.18. The molecule has 0 unspecified atom stereocenters. The number of aromatic nitrogens is 4. The summed E-state index contributed by atoms with van der Waals surface area (Å²) in [5.74, 6) is 0. The summed E-state index contributed by atoms with van der Waals surface area (Å²) in [6.07, 6.45) is 8.24. The molecular formula is C25H34N4+2. The van der Waals surface area contributed by atoms with Gasteiger partial charge in [-0.2, -0.15) is 0 Å². The first-order valence-corrected chi connectivity index (χ1v) is 11.0. The van der Waals surface area contributed by atoms with E-state index in [2.05, 4.69) is 107 Å². The van der Waals surface area contributed by atoms with E-state index in [0.717, 1.165) is 13.1 Å². The van der Waals surface area contributed by atoms with Crippen molar-refractivity contribution in [3.05, 3.63) is 61.2 Å². The van der Waals surface area contributed by atoms with E-state index in [9.17, 15) is 0 Å². The third-order valence-electron chi connectivity index (χ3n) is 5.88. The highest BCUT2D eigenvalue weighted by molar-refractivity contribution is 5.72. The van der Waals surface area contributed by atoms with Crippen molar-refractivity contribution in [3.63, 3.8) is 0 Å². The number of rotatable bonds is 8. The quantitative estimate of drug-likeness (QED) is 0.291. The van der Waals surface area contributed by atoms with Gasteiger partial charge in [0.15, 0.2) is 22.1 Å². The summed E-state index contributed by atoms with van der Waals surface area (Å²) in [4.78, 5) is 0. The van der Waals surface area contributed by atoms with E-state index >= 15 is 0 Å². The minimum atomic E-state index is 0.482. The van der Waals surface area contributed by atoms with Crippen LogP contribution in [0.25, 0.3) is 22.1 Å². The Morgan fingerprint density at radius 2 is 1.03 bits per heavy atom. The van der Waals surface area contributed by atoms with Gasteiger partial charge in [0, 0.05) is 0 Å². The maximum Gasteiger partial charge on any atom is 0.244 e. The second-order valence-electron chi connectivity index (χ2n) is 8.66. The molecule has 2 aromatic carbocycles. The van der Waals surface area contributed by atoms with Gasteiger partial charge in [-0.15, -0.1) is 0 Å². The normalized spacial score (nSPS) is 12.1. The van der Waals surface area contributed by atoms with Crippen molar-refractivity contribution in [1.82, 2.24) is 9.13 Å². The van der Waals surface area contributed by atoms with E-state index in [1.54, 1.807) is 0 Å². The van der Waals surface area contributed by atoms with Crippen LogP contribution in [0.2, 0.25) is 0 Å². The molecule has 0 aliphatic heterocycles. The van der Waals surface area contributed by atoms with Crippen molar-refractivity contribution >= 4 is 22.1 Å². The maximum absolute atomic E-state index is 2.42. The van der Waals surface area contributed by atoms with E-state index in [0.29, 0.717) is 12.1 Å². The lowest BCUT2D eigenvalue weighted by Gasteiger charge is -2.00. The number of nitrogens with zero attached hydrogens (tertiary/aromatic N) is 4. The van der Waals surface area contributed by atoms with Crippen molar-refractivity contribution in [3.8, 4) is 0 Å². The summed E-state index contributed by atoms with van der Waals surface area (Å²) in [6.45, 7) is 11.2. The van der Waals surface area contributed by atoms with Gasteiger partial charge in [-0.1, -0.05) is 24.3 Å². The van der Waals surface area contributed by atoms with Crippen molar-refractivity contribution in [1.29, 1.82) is 0 Å². The molecule has 0 N–H and O–H groups in total. The van der Waals surface area contributed by atoms with Crippen LogP contribution in [0.5, 0.6) is 0 Å². The van der Waals surface area contributed by atoms with Crippen LogP contribution in [0.1, 0.15) is 59.0 Å². The Morgan fingerprint density at radius 1 is 0.621 bits per heavy atom. The molecule has 0 aliphatic carbocycles. The lowest BCUT2D eigenvalue weighted by Crippen LogP contribution is -2.33. The SMILES string of the molecule is CC(C)n1c[n+](CCCCC[n+]2cn(C(C)C)c3ccccc32)c2ccccc21. The van der Waals surface area contributed by atoms with Gasteiger partial charge in [0.2, 0.25) is 12.7 Å². The minimum Gasteiger partial charge on any atom is -0.230 e. The first-order chi connectivity index (χ1) is 14.1. The number of imidazole rings is 2. The van der Waals surface area contributed by atoms with Crippen LogP contribution < -0.4 is 9.13 Å². The summed E-state index contributed by atoms with van der Waals surface area (Å²) >= 11 is 0. The van der Waals surface area contributed by atoms with Crippen LogP contribution in [0.3, 0.4) is 0 Å². The summed E-state index contributed by atoms with van der Waals surface area (Å²) < 4.78 is 9.61. The largest absolute Gasteiger partial charge is 0.244 e. The van der Waals surface area contributed by atoms with Gasteiger partial charge < -0.3 is 0 Å². The lowest BCUT2D eigenvalue weighted by atomic mass is 10.2. The number of unbranched alkanes of at least 4 members (excludes halogenated alkanes) is 2. The topological polar surface area (TPSA) is 17.6 Å². The third kappa shape index (κ3) is 3.93. The van der Waals surface area contributed by atoms with Gasteiger partial charge in [-0.05, 0) is 71.2 Å². The molecule has 4 heteroatoms. The zero-order chi connectivity index (χ0) is 20.4. The molecule has 0 amide bonds. The minimum absolute atomic E-state index is 0.482. The van der Waals surface area contributed by atoms with E-state index in [1.165, 1.54) is 41.3 Å². The van der Waals surface area contributed by atoms with E-state index in [1.807, 2.05) is 0 Å². The average molecular weight is 391 g/mol. The van der Waals surface area contributed by atoms with Crippen molar-refractivity contribution in [2.75, 3.05) is 0 Å². The number of benzene rings is 2. The van der Waals surface area contributed by atoms with Gasteiger partial charge in [0.1, 0.15) is 0 Å². The second kappa shape index (κ2) is 8.40. The highest BCUT2D eigenvalue weighted by Crippen LogP contribution is 2.17. The van der Waals surface area contributed by atoms with E-state index in [-0.39, 0.29) is 0 Å². The molecule has 2 aromatic heterocycles. The van der Waals surface area contributed by atoms with Crippen LogP contribution in [0.4, 0.5) is 0 Å². The molecule has 2 heterocycles. The Hall–Kier alpha value is -2.62. The molecule has 0 atom stereocenters. The van der Waals surface area contributed by atoms with Gasteiger partial charge in [0.05, 0.1) is 25.2 Å². The van der Waals surface area contributed by atoms with Gasteiger partial charge in [-0.25, -0.2) is 18.3 Å². The van der Waals surface area contributed by atoms with E-state index < -0.39 is 0 Å². The molecular weight excluding hydrogens is 356 g/mol. The predicted molar refractivity (Wildman–Crippen MR) is 119 cm³/mol. The standard InChI is InChI=1S/C25H34N4/c1-20(2)28-18-26(22-12-6-8-14-24(22)28)16-10-5-11-17-27-19-29(21(3)4)25-15-9-7-13-23(25)27/h6-9,12-15,18-21H,5,10-11,16-17H2,1-4H3/q+2. The fourth-order valence-corrected chi connectivity index (χ4v) is 4.32. The van der Waals surface area contributed by atoms with Gasteiger partial charge >= 0.3 is 0 Å². The van der Waals surface area contributed by atoms with E-state index in [4.69, 9.17) is 0 Å². The molecule has 0 saturated heterocycles. The van der Waals surface area contributed by atoms with Crippen molar-refractivity contribution in [2.24, 2.45) is 0 Å². The summed E-state index contributed by atoms with van der Waals surface area (Å²) in [6, 6.07) is 18.5. The smallest absolute Gasteiger partial charge is 0.230 e. The Balaban J connectivity index is 1.39. The Bertz CT molecular complexity index is 1010. The predicted octanol–water partition coefficient (Wildman–Crippen LogP) is 5.20. The molecule has 4 nitrogen and oxygen atoms in total. The fraction of sp³-hybridized carbons (Fsp3) is 0.440. The highest BCUT2D eigenvalue weighted by atomic mass is 15.2. The molecule has 4 rings (SSSR count). The number of hydrogen-bond acceptors (Lipinski definition) is 0. The Labute approximate surface area is 174 Å². The maximum atomic E-state index is 2.42. The summed E-state index contributed by atoms with van der Waals surface area (Å²) in [5, 5.41) is 0. The van der Waals surface area contributed by atoms with Crippen LogP contribution in [0, 0.1) is 0 Å². The number of fused-ring (bicyclic) bond motifs is 2. The molecule has 29 heavy (non-hydrogen) atoms. The molecule has 0 radical (unpaired) electrons. The molecule has 0 spiro atoms. The van der Waals surface area contributed by atoms with Crippen molar-refractivity contribution in [2.45, 2.75) is 72.1 Å². The fourth-order valence-electron chi connectivity index (χ4n) is 4.32. The second-order valence-corrected chi connectivity index (χ2v) is 8.66. The van der Waals surface area contributed by atoms with Gasteiger partial charge in [0.25, 0.3) is 0 Å². The average Bonchev–Trinajstić information content (AvgIpc) is 3.27. The number of para-hydroxylation sites is 4. The van der Waals surface area contributed by atoms with Crippen LogP contribution in [-0.4, -0.2) is 9.13 Å². The third-order valence-corrected chi connectivity index (χ3v) is 5.88. The monoisotopic (exact) mass is 390 g/mol.